The van der Waals surface area contributed by atoms with Gasteiger partial charge in [0, 0.05) is 3.57 Å². The first kappa shape index (κ1) is 25.4. The molecule has 174 valence electrons. The molecule has 0 aliphatic heterocycles. The Bertz CT molecular complexity index is 1140. The third kappa shape index (κ3) is 6.90. The Morgan fingerprint density at radius 3 is 2.45 bits per heavy atom. The van der Waals surface area contributed by atoms with Gasteiger partial charge in [-0.05, 0) is 59.0 Å². The van der Waals surface area contributed by atoms with Gasteiger partial charge in [0.05, 0.1) is 27.0 Å². The number of hydrogen-bond donors (Lipinski definition) is 3. The molecule has 0 saturated heterocycles. The summed E-state index contributed by atoms with van der Waals surface area (Å²) in [4.78, 5) is 17.6. The van der Waals surface area contributed by atoms with Gasteiger partial charge in [0.2, 0.25) is 0 Å². The number of hydrogen-bond acceptors (Lipinski definition) is 5. The van der Waals surface area contributed by atoms with Crippen molar-refractivity contribution in [2.45, 2.75) is 6.10 Å². The zero-order valence-electron chi connectivity index (χ0n) is 16.7. The lowest BCUT2D eigenvalue weighted by Gasteiger charge is -2.16. The minimum absolute atomic E-state index is 0.0883. The molecule has 3 N–H and O–H groups in total. The van der Waals surface area contributed by atoms with Gasteiger partial charge in [0.1, 0.15) is 25.1 Å². The molecule has 3 aromatic carbocycles. The molecule has 33 heavy (non-hydrogen) atoms. The highest BCUT2D eigenvalue weighted by Crippen LogP contribution is 2.34. The van der Waals surface area contributed by atoms with Crippen LogP contribution in [0.3, 0.4) is 0 Å². The number of nitrogens with one attached hydrogen (secondary N) is 2. The van der Waals surface area contributed by atoms with Gasteiger partial charge in [0.25, 0.3) is 5.91 Å². The Kier molecular flexibility index (Phi) is 9.10. The van der Waals surface area contributed by atoms with Crippen LogP contribution < -0.4 is 15.5 Å². The summed E-state index contributed by atoms with van der Waals surface area (Å²) >= 11 is 13.9. The molecule has 1 amide bonds. The highest BCUT2D eigenvalue weighted by molar-refractivity contribution is 14.1. The zero-order chi connectivity index (χ0) is 24.0. The number of benzene rings is 3. The van der Waals surface area contributed by atoms with Crippen LogP contribution in [0.4, 0.5) is 20.2 Å². The van der Waals surface area contributed by atoms with Crippen LogP contribution >= 0.6 is 45.8 Å². The first-order valence-corrected chi connectivity index (χ1v) is 11.3. The second-order valence-corrected chi connectivity index (χ2v) is 8.74. The van der Waals surface area contributed by atoms with Crippen LogP contribution in [-0.2, 0) is 4.84 Å². The Morgan fingerprint density at radius 2 is 1.76 bits per heavy atom. The first-order chi connectivity index (χ1) is 15.8. The van der Waals surface area contributed by atoms with E-state index >= 15 is 0 Å². The van der Waals surface area contributed by atoms with Crippen molar-refractivity contribution in [3.8, 4) is 5.75 Å². The lowest BCUT2D eigenvalue weighted by atomic mass is 10.1. The Labute approximate surface area is 211 Å². The van der Waals surface area contributed by atoms with Crippen molar-refractivity contribution >= 4 is 63.1 Å². The maximum atomic E-state index is 14.6. The van der Waals surface area contributed by atoms with E-state index < -0.39 is 34.4 Å². The van der Waals surface area contributed by atoms with Crippen molar-refractivity contribution in [3.63, 3.8) is 0 Å². The highest BCUT2D eigenvalue weighted by Gasteiger charge is 2.23. The van der Waals surface area contributed by atoms with Crippen LogP contribution in [0.15, 0.2) is 54.6 Å². The smallest absolute Gasteiger partial charge is 0.277 e. The van der Waals surface area contributed by atoms with Crippen molar-refractivity contribution in [2.24, 2.45) is 0 Å². The average molecular weight is 609 g/mol. The summed E-state index contributed by atoms with van der Waals surface area (Å²) in [5, 5.41) is 12.2. The molecule has 0 fully saturated rings. The van der Waals surface area contributed by atoms with E-state index in [4.69, 9.17) is 32.8 Å². The van der Waals surface area contributed by atoms with E-state index in [1.165, 1.54) is 0 Å². The van der Waals surface area contributed by atoms with Gasteiger partial charge in [-0.15, -0.1) is 0 Å². The topological polar surface area (TPSA) is 79.8 Å². The number of rotatable bonds is 9. The molecule has 0 aromatic heterocycles. The maximum absolute atomic E-state index is 14.6. The molecular weight excluding hydrogens is 592 g/mol. The van der Waals surface area contributed by atoms with E-state index in [1.54, 1.807) is 42.5 Å². The van der Waals surface area contributed by atoms with E-state index in [0.29, 0.717) is 5.75 Å². The van der Waals surface area contributed by atoms with Crippen molar-refractivity contribution in [3.05, 3.63) is 85.4 Å². The van der Waals surface area contributed by atoms with Crippen LogP contribution in [0.25, 0.3) is 0 Å². The Morgan fingerprint density at radius 1 is 1.03 bits per heavy atom. The predicted octanol–water partition coefficient (Wildman–Crippen LogP) is 5.72. The predicted molar refractivity (Wildman–Crippen MR) is 130 cm³/mol. The second-order valence-electron chi connectivity index (χ2n) is 6.68. The largest absolute Gasteiger partial charge is 0.491 e. The fourth-order valence-corrected chi connectivity index (χ4v) is 3.73. The molecule has 3 aromatic rings. The number of aliphatic hydroxyl groups excluding tert-OH is 1. The van der Waals surface area contributed by atoms with Crippen LogP contribution in [-0.4, -0.2) is 30.3 Å². The summed E-state index contributed by atoms with van der Waals surface area (Å²) in [5.74, 6) is -3.05. The van der Waals surface area contributed by atoms with Crippen LogP contribution in [0.5, 0.6) is 5.75 Å². The molecule has 0 bridgehead atoms. The number of ether oxygens (including phenoxy) is 1. The molecule has 3 rings (SSSR count). The van der Waals surface area contributed by atoms with E-state index in [1.807, 2.05) is 28.7 Å². The summed E-state index contributed by atoms with van der Waals surface area (Å²) in [7, 11) is 0. The molecule has 11 heteroatoms. The van der Waals surface area contributed by atoms with Gasteiger partial charge >= 0.3 is 0 Å². The zero-order valence-corrected chi connectivity index (χ0v) is 20.4. The van der Waals surface area contributed by atoms with Crippen LogP contribution in [0, 0.1) is 15.2 Å². The van der Waals surface area contributed by atoms with Gasteiger partial charge in [-0.3, -0.25) is 9.63 Å². The monoisotopic (exact) mass is 608 g/mol. The summed E-state index contributed by atoms with van der Waals surface area (Å²) in [6.07, 6.45) is -1.07. The fraction of sp³-hybridized carbons (Fsp3) is 0.136. The minimum Gasteiger partial charge on any atom is -0.491 e. The number of amides is 1. The van der Waals surface area contributed by atoms with Gasteiger partial charge in [-0.1, -0.05) is 41.4 Å². The quantitative estimate of drug-likeness (QED) is 0.164. The van der Waals surface area contributed by atoms with Crippen LogP contribution in [0.2, 0.25) is 10.0 Å². The average Bonchev–Trinajstić information content (AvgIpc) is 2.80. The molecule has 0 spiro atoms. The van der Waals surface area contributed by atoms with Gasteiger partial charge < -0.3 is 15.2 Å². The van der Waals surface area contributed by atoms with Crippen molar-refractivity contribution in [1.82, 2.24) is 5.48 Å². The van der Waals surface area contributed by atoms with E-state index in [2.05, 4.69) is 10.8 Å². The maximum Gasteiger partial charge on any atom is 0.277 e. The molecule has 0 saturated carbocycles. The number of aliphatic hydroxyl groups is 1. The van der Waals surface area contributed by atoms with E-state index in [9.17, 15) is 18.7 Å². The minimum atomic E-state index is -1.36. The molecule has 6 nitrogen and oxygen atoms in total. The SMILES string of the molecule is O=C(NOCC(O)COc1ccccc1)c1cc(Cl)c(F)c(F)c1Nc1ccc(I)cc1Cl. The lowest BCUT2D eigenvalue weighted by molar-refractivity contribution is -0.0259. The molecule has 0 aliphatic carbocycles. The van der Waals surface area contributed by atoms with E-state index in [0.717, 1.165) is 9.64 Å². The normalized spacial score (nSPS) is 11.7. The summed E-state index contributed by atoms with van der Waals surface area (Å²) in [6.45, 7) is -0.406. The summed E-state index contributed by atoms with van der Waals surface area (Å²) in [5.41, 5.74) is 1.52. The molecule has 0 heterocycles. The lowest BCUT2D eigenvalue weighted by Crippen LogP contribution is -2.31. The van der Waals surface area contributed by atoms with Crippen molar-refractivity contribution in [2.75, 3.05) is 18.5 Å². The number of carbonyl (C=O) groups is 1. The van der Waals surface area contributed by atoms with Gasteiger partial charge in [-0.2, -0.15) is 0 Å². The summed E-state index contributed by atoms with van der Waals surface area (Å²) < 4.78 is 35.0. The number of anilines is 2. The van der Waals surface area contributed by atoms with Crippen LogP contribution in [0.1, 0.15) is 10.4 Å². The van der Waals surface area contributed by atoms with E-state index in [-0.39, 0.29) is 29.5 Å². The molecule has 0 aliphatic rings. The third-order valence-electron chi connectivity index (χ3n) is 4.22. The Balaban J connectivity index is 1.67. The number of halogens is 5. The third-order valence-corrected chi connectivity index (χ3v) is 5.48. The molecule has 1 unspecified atom stereocenters. The molecular formula is C22H17Cl2F2IN2O4. The fourth-order valence-electron chi connectivity index (χ4n) is 2.64. The number of carbonyl (C=O) groups excluding carboxylic acids is 1. The van der Waals surface area contributed by atoms with Crippen molar-refractivity contribution in [1.29, 1.82) is 0 Å². The summed E-state index contributed by atoms with van der Waals surface area (Å²) in [6, 6.07) is 14.6. The van der Waals surface area contributed by atoms with Gasteiger partial charge in [0.15, 0.2) is 11.6 Å². The van der Waals surface area contributed by atoms with Crippen molar-refractivity contribution < 1.29 is 28.3 Å². The second kappa shape index (κ2) is 11.8. The molecule has 0 radical (unpaired) electrons. The number of para-hydroxylation sites is 1. The molecule has 1 atom stereocenters. The standard InChI is InChI=1S/C22H17Cl2F2IN2O4/c23-16-8-12(27)6-7-18(16)28-21-15(9-17(24)19(25)20(21)26)22(31)29-33-11-13(30)10-32-14-4-2-1-3-5-14/h1-9,13,28,30H,10-11H2,(H,29,31). The highest BCUT2D eigenvalue weighted by atomic mass is 127. The number of hydroxylamine groups is 1. The Hall–Kier alpha value is -2.18. The first-order valence-electron chi connectivity index (χ1n) is 9.44. The van der Waals surface area contributed by atoms with Gasteiger partial charge in [-0.25, -0.2) is 14.3 Å².